The molecular weight excluding hydrogens is 294 g/mol. The van der Waals surface area contributed by atoms with Gasteiger partial charge < -0.3 is 4.74 Å². The predicted octanol–water partition coefficient (Wildman–Crippen LogP) is 2.44. The number of hydrogen-bond donors (Lipinski definition) is 1. The van der Waals surface area contributed by atoms with Gasteiger partial charge in [-0.25, -0.2) is 0 Å². The maximum absolute atomic E-state index is 12.0. The minimum Gasteiger partial charge on any atom is -0.455 e. The first-order valence-electron chi connectivity index (χ1n) is 7.80. The van der Waals surface area contributed by atoms with Crippen LogP contribution in [0.15, 0.2) is 24.3 Å². The van der Waals surface area contributed by atoms with Crippen LogP contribution in [-0.2, 0) is 19.7 Å². The molecule has 1 aliphatic carbocycles. The third-order valence-electron chi connectivity index (χ3n) is 4.02. The van der Waals surface area contributed by atoms with Crippen molar-refractivity contribution in [2.75, 3.05) is 6.61 Å². The molecule has 1 saturated carbocycles. The van der Waals surface area contributed by atoms with E-state index >= 15 is 0 Å². The number of hydrogen-bond acceptors (Lipinski definition) is 4. The van der Waals surface area contributed by atoms with E-state index in [2.05, 4.69) is 26.1 Å². The number of amides is 2. The average Bonchev–Trinajstić information content (AvgIpc) is 3.21. The summed E-state index contributed by atoms with van der Waals surface area (Å²) in [5.41, 5.74) is 1.50. The highest BCUT2D eigenvalue weighted by Crippen LogP contribution is 2.38. The molecule has 1 aromatic carbocycles. The first kappa shape index (κ1) is 17.2. The summed E-state index contributed by atoms with van der Waals surface area (Å²) in [6.07, 6.45) is 0.805. The van der Waals surface area contributed by atoms with Crippen LogP contribution in [-0.4, -0.2) is 24.4 Å². The van der Waals surface area contributed by atoms with E-state index in [1.165, 1.54) is 0 Å². The van der Waals surface area contributed by atoms with E-state index in [9.17, 15) is 14.4 Å². The highest BCUT2D eigenvalue weighted by Gasteiger charge is 2.40. The lowest BCUT2D eigenvalue weighted by Gasteiger charge is -2.18. The van der Waals surface area contributed by atoms with Crippen molar-refractivity contribution in [2.45, 2.75) is 39.5 Å². The molecule has 2 rings (SSSR count). The maximum atomic E-state index is 12.0. The van der Waals surface area contributed by atoms with Gasteiger partial charge in [-0.3, -0.25) is 19.7 Å². The van der Waals surface area contributed by atoms with Crippen molar-refractivity contribution in [3.8, 4) is 0 Å². The smallest absolute Gasteiger partial charge is 0.309 e. The highest BCUT2D eigenvalue weighted by molar-refractivity contribution is 6.05. The Morgan fingerprint density at radius 2 is 1.74 bits per heavy atom. The fourth-order valence-corrected chi connectivity index (χ4v) is 2.25. The molecule has 2 atom stereocenters. The Labute approximate surface area is 136 Å². The van der Waals surface area contributed by atoms with Gasteiger partial charge in [-0.05, 0) is 35.4 Å². The summed E-state index contributed by atoms with van der Waals surface area (Å²) in [4.78, 5) is 35.2. The van der Waals surface area contributed by atoms with Crippen LogP contribution in [0.2, 0.25) is 0 Å². The van der Waals surface area contributed by atoms with Crippen LogP contribution in [0.25, 0.3) is 0 Å². The van der Waals surface area contributed by atoms with Crippen LogP contribution in [0.4, 0.5) is 0 Å². The van der Waals surface area contributed by atoms with Gasteiger partial charge in [-0.15, -0.1) is 0 Å². The zero-order valence-electron chi connectivity index (χ0n) is 14.0. The Morgan fingerprint density at radius 1 is 1.17 bits per heavy atom. The van der Waals surface area contributed by atoms with E-state index in [4.69, 9.17) is 4.74 Å². The van der Waals surface area contributed by atoms with Gasteiger partial charge in [0.15, 0.2) is 6.61 Å². The first-order chi connectivity index (χ1) is 10.7. The summed E-state index contributed by atoms with van der Waals surface area (Å²) in [7, 11) is 0. The third-order valence-corrected chi connectivity index (χ3v) is 4.02. The highest BCUT2D eigenvalue weighted by atomic mass is 16.5. The summed E-state index contributed by atoms with van der Waals surface area (Å²) in [5.74, 6) is -1.24. The minimum absolute atomic E-state index is 0.00102. The van der Waals surface area contributed by atoms with Crippen molar-refractivity contribution in [3.63, 3.8) is 0 Å². The SMILES string of the molecule is C[C@H]1C[C@H]1C(=O)OCC(=O)NC(=O)c1ccc(C(C)(C)C)cc1. The standard InChI is InChI=1S/C18H23NO4/c1-11-9-14(11)17(22)23-10-15(20)19-16(21)12-5-7-13(8-6-12)18(2,3)4/h5-8,11,14H,9-10H2,1-4H3,(H,19,20,21)/t11-,14+/m0/s1. The van der Waals surface area contributed by atoms with Crippen molar-refractivity contribution < 1.29 is 19.1 Å². The molecule has 1 fully saturated rings. The molecule has 0 radical (unpaired) electrons. The van der Waals surface area contributed by atoms with Crippen LogP contribution >= 0.6 is 0 Å². The summed E-state index contributed by atoms with van der Waals surface area (Å²) in [6.45, 7) is 7.78. The second-order valence-electron chi connectivity index (χ2n) is 7.13. The molecule has 0 spiro atoms. The summed E-state index contributed by atoms with van der Waals surface area (Å²) in [6, 6.07) is 7.10. The van der Waals surface area contributed by atoms with Crippen molar-refractivity contribution in [1.82, 2.24) is 5.32 Å². The molecule has 0 saturated heterocycles. The summed E-state index contributed by atoms with van der Waals surface area (Å²) in [5, 5.41) is 2.23. The largest absolute Gasteiger partial charge is 0.455 e. The Kier molecular flexibility index (Phi) is 4.88. The lowest BCUT2D eigenvalue weighted by atomic mass is 9.87. The molecule has 0 unspecified atom stereocenters. The molecule has 0 heterocycles. The number of carbonyl (C=O) groups is 3. The lowest BCUT2D eigenvalue weighted by molar-refractivity contribution is -0.149. The maximum Gasteiger partial charge on any atom is 0.309 e. The molecule has 23 heavy (non-hydrogen) atoms. The predicted molar refractivity (Wildman–Crippen MR) is 85.8 cm³/mol. The fraction of sp³-hybridized carbons (Fsp3) is 0.500. The molecule has 5 heteroatoms. The third kappa shape index (κ3) is 4.65. The monoisotopic (exact) mass is 317 g/mol. The van der Waals surface area contributed by atoms with E-state index in [1.54, 1.807) is 12.1 Å². The summed E-state index contributed by atoms with van der Waals surface area (Å²) >= 11 is 0. The van der Waals surface area contributed by atoms with Crippen molar-refractivity contribution in [2.24, 2.45) is 11.8 Å². The Bertz CT molecular complexity index is 613. The number of esters is 1. The number of nitrogens with one attached hydrogen (secondary N) is 1. The number of imide groups is 1. The first-order valence-corrected chi connectivity index (χ1v) is 7.80. The van der Waals surface area contributed by atoms with Gasteiger partial charge in [0.1, 0.15) is 0 Å². The second kappa shape index (κ2) is 6.52. The molecule has 0 aromatic heterocycles. The van der Waals surface area contributed by atoms with E-state index in [0.29, 0.717) is 11.5 Å². The van der Waals surface area contributed by atoms with Crippen molar-refractivity contribution >= 4 is 17.8 Å². The van der Waals surface area contributed by atoms with E-state index in [0.717, 1.165) is 12.0 Å². The number of benzene rings is 1. The van der Waals surface area contributed by atoms with Crippen LogP contribution in [0, 0.1) is 11.8 Å². The van der Waals surface area contributed by atoms with Crippen LogP contribution < -0.4 is 5.32 Å². The zero-order valence-corrected chi connectivity index (χ0v) is 14.0. The van der Waals surface area contributed by atoms with Gasteiger partial charge in [0.05, 0.1) is 5.92 Å². The lowest BCUT2D eigenvalue weighted by Crippen LogP contribution is -2.34. The van der Waals surface area contributed by atoms with Gasteiger partial charge in [0.2, 0.25) is 0 Å². The topological polar surface area (TPSA) is 72.5 Å². The van der Waals surface area contributed by atoms with Gasteiger partial charge >= 0.3 is 5.97 Å². The summed E-state index contributed by atoms with van der Waals surface area (Å²) < 4.78 is 4.90. The molecule has 124 valence electrons. The molecule has 0 bridgehead atoms. The molecular formula is C18H23NO4. The molecule has 1 aromatic rings. The number of ether oxygens (including phenoxy) is 1. The Morgan fingerprint density at radius 3 is 2.22 bits per heavy atom. The zero-order chi connectivity index (χ0) is 17.2. The van der Waals surface area contributed by atoms with Gasteiger partial charge in [-0.1, -0.05) is 39.8 Å². The van der Waals surface area contributed by atoms with E-state index in [-0.39, 0.29) is 17.3 Å². The fourth-order valence-electron chi connectivity index (χ4n) is 2.25. The van der Waals surface area contributed by atoms with Gasteiger partial charge in [-0.2, -0.15) is 0 Å². The number of carbonyl (C=O) groups excluding carboxylic acids is 3. The van der Waals surface area contributed by atoms with E-state index in [1.807, 2.05) is 19.1 Å². The quantitative estimate of drug-likeness (QED) is 0.866. The molecule has 0 aliphatic heterocycles. The normalized spacial score (nSPS) is 19.8. The van der Waals surface area contributed by atoms with Crippen LogP contribution in [0.3, 0.4) is 0 Å². The minimum atomic E-state index is -0.614. The van der Waals surface area contributed by atoms with Crippen molar-refractivity contribution in [1.29, 1.82) is 0 Å². The van der Waals surface area contributed by atoms with Crippen LogP contribution in [0.5, 0.6) is 0 Å². The number of rotatable bonds is 4. The molecule has 2 amide bonds. The second-order valence-corrected chi connectivity index (χ2v) is 7.13. The average molecular weight is 317 g/mol. The van der Waals surface area contributed by atoms with Crippen molar-refractivity contribution in [3.05, 3.63) is 35.4 Å². The van der Waals surface area contributed by atoms with Gasteiger partial charge in [0.25, 0.3) is 11.8 Å². The van der Waals surface area contributed by atoms with Crippen LogP contribution in [0.1, 0.15) is 50.0 Å². The molecule has 1 N–H and O–H groups in total. The molecule has 1 aliphatic rings. The van der Waals surface area contributed by atoms with E-state index < -0.39 is 18.4 Å². The molecule has 5 nitrogen and oxygen atoms in total. The van der Waals surface area contributed by atoms with Gasteiger partial charge in [0, 0.05) is 5.56 Å². The Hall–Kier alpha value is -2.17. The Balaban J connectivity index is 1.83.